The normalized spacial score (nSPS) is 19.1. The van der Waals surface area contributed by atoms with Gasteiger partial charge in [-0.05, 0) is 56.2 Å². The second-order valence-corrected chi connectivity index (χ2v) is 10.6. The van der Waals surface area contributed by atoms with Crippen molar-refractivity contribution in [3.63, 3.8) is 0 Å². The molecule has 158 valence electrons. The minimum Gasteiger partial charge on any atom is -0.335 e. The molecular formula is C22H24ClN3O3S. The van der Waals surface area contributed by atoms with Gasteiger partial charge in [0.05, 0.1) is 34.6 Å². The van der Waals surface area contributed by atoms with Crippen molar-refractivity contribution in [2.75, 3.05) is 18.6 Å². The number of benzene rings is 2. The molecule has 0 saturated carbocycles. The number of carbonyl (C=O) groups excluding carboxylic acids is 1. The number of hydrogen-bond acceptors (Lipinski definition) is 4. The molecule has 8 heteroatoms. The lowest BCUT2D eigenvalue weighted by molar-refractivity contribution is 0.0743. The molecule has 0 radical (unpaired) electrons. The fraction of sp³-hybridized carbons (Fsp3) is 0.364. The number of halogens is 1. The van der Waals surface area contributed by atoms with Crippen molar-refractivity contribution in [3.05, 3.63) is 64.4 Å². The van der Waals surface area contributed by atoms with E-state index in [0.717, 1.165) is 16.9 Å². The molecule has 0 spiro atoms. The van der Waals surface area contributed by atoms with Gasteiger partial charge in [-0.3, -0.25) is 4.79 Å². The Hall–Kier alpha value is -2.38. The Morgan fingerprint density at radius 3 is 2.57 bits per heavy atom. The third kappa shape index (κ3) is 3.84. The van der Waals surface area contributed by atoms with Gasteiger partial charge in [0, 0.05) is 17.6 Å². The van der Waals surface area contributed by atoms with Gasteiger partial charge in [-0.1, -0.05) is 23.7 Å². The lowest BCUT2D eigenvalue weighted by Gasteiger charge is -2.25. The SMILES string of the molecule is Cc1nc2cc(C(=O)N(C)[C@@H](C)c3ccc(Cl)cc3)ccc2n1[C@H]1CCS(=O)(=O)C1. The first-order valence-electron chi connectivity index (χ1n) is 9.88. The van der Waals surface area contributed by atoms with Crippen LogP contribution in [0.3, 0.4) is 0 Å². The van der Waals surface area contributed by atoms with Crippen LogP contribution in [0.15, 0.2) is 42.5 Å². The third-order valence-corrected chi connectivity index (χ3v) is 7.94. The quantitative estimate of drug-likeness (QED) is 0.603. The summed E-state index contributed by atoms with van der Waals surface area (Å²) >= 11 is 5.96. The van der Waals surface area contributed by atoms with Gasteiger partial charge in [0.2, 0.25) is 0 Å². The molecule has 6 nitrogen and oxygen atoms in total. The standard InChI is InChI=1S/C22H24ClN3O3S/c1-14(16-4-7-18(23)8-5-16)25(3)22(27)17-6-9-21-20(12-17)24-15(2)26(21)19-10-11-30(28,29)13-19/h4-9,12,14,19H,10-11,13H2,1-3H3/t14-,19-/m0/s1. The molecule has 4 rings (SSSR count). The Morgan fingerprint density at radius 2 is 1.93 bits per heavy atom. The number of sulfone groups is 1. The van der Waals surface area contributed by atoms with Crippen LogP contribution in [0.1, 0.15) is 47.2 Å². The number of imidazole rings is 1. The minimum absolute atomic E-state index is 0.102. The smallest absolute Gasteiger partial charge is 0.254 e. The Morgan fingerprint density at radius 1 is 1.23 bits per heavy atom. The van der Waals surface area contributed by atoms with Crippen LogP contribution in [0.2, 0.25) is 5.02 Å². The summed E-state index contributed by atoms with van der Waals surface area (Å²) in [5.41, 5.74) is 3.11. The first-order chi connectivity index (χ1) is 14.2. The maximum Gasteiger partial charge on any atom is 0.254 e. The fourth-order valence-corrected chi connectivity index (χ4v) is 5.96. The van der Waals surface area contributed by atoms with Gasteiger partial charge in [-0.15, -0.1) is 0 Å². The second kappa shape index (κ2) is 7.71. The van der Waals surface area contributed by atoms with Crippen LogP contribution >= 0.6 is 11.6 Å². The third-order valence-electron chi connectivity index (χ3n) is 5.94. The molecule has 0 bridgehead atoms. The van der Waals surface area contributed by atoms with Gasteiger partial charge in [-0.2, -0.15) is 0 Å². The van der Waals surface area contributed by atoms with Crippen LogP contribution in [0, 0.1) is 6.92 Å². The summed E-state index contributed by atoms with van der Waals surface area (Å²) in [6.45, 7) is 3.85. The van der Waals surface area contributed by atoms with E-state index in [2.05, 4.69) is 4.98 Å². The van der Waals surface area contributed by atoms with E-state index in [9.17, 15) is 13.2 Å². The average molecular weight is 446 g/mol. The Kier molecular flexibility index (Phi) is 5.36. The molecule has 1 amide bonds. The van der Waals surface area contributed by atoms with Gasteiger partial charge in [-0.25, -0.2) is 13.4 Å². The molecule has 3 aromatic rings. The first kappa shape index (κ1) is 20.9. The lowest BCUT2D eigenvalue weighted by atomic mass is 10.1. The predicted molar refractivity (Wildman–Crippen MR) is 119 cm³/mol. The first-order valence-corrected chi connectivity index (χ1v) is 12.1. The van der Waals surface area contributed by atoms with Crippen LogP contribution in [-0.4, -0.2) is 47.3 Å². The van der Waals surface area contributed by atoms with E-state index >= 15 is 0 Å². The molecular weight excluding hydrogens is 422 g/mol. The minimum atomic E-state index is -3.00. The number of aromatic nitrogens is 2. The molecule has 1 aliphatic rings. The van der Waals surface area contributed by atoms with Crippen molar-refractivity contribution in [1.82, 2.24) is 14.5 Å². The van der Waals surface area contributed by atoms with Gasteiger partial charge in [0.1, 0.15) is 5.82 Å². The largest absolute Gasteiger partial charge is 0.335 e. The number of rotatable bonds is 4. The second-order valence-electron chi connectivity index (χ2n) is 7.93. The van der Waals surface area contributed by atoms with Gasteiger partial charge in [0.15, 0.2) is 9.84 Å². The summed E-state index contributed by atoms with van der Waals surface area (Å²) in [6, 6.07) is 12.7. The molecule has 0 N–H and O–H groups in total. The highest BCUT2D eigenvalue weighted by atomic mass is 35.5. The Bertz CT molecular complexity index is 1220. The molecule has 1 aromatic heterocycles. The number of amides is 1. The van der Waals surface area contributed by atoms with Gasteiger partial charge in [0.25, 0.3) is 5.91 Å². The summed E-state index contributed by atoms with van der Waals surface area (Å²) in [4.78, 5) is 19.4. The van der Waals surface area contributed by atoms with E-state index in [1.165, 1.54) is 0 Å². The summed E-state index contributed by atoms with van der Waals surface area (Å²) in [5, 5.41) is 0.659. The monoisotopic (exact) mass is 445 g/mol. The van der Waals surface area contributed by atoms with Crippen LogP contribution in [0.25, 0.3) is 11.0 Å². The van der Waals surface area contributed by atoms with E-state index in [-0.39, 0.29) is 29.5 Å². The number of fused-ring (bicyclic) bond motifs is 1. The summed E-state index contributed by atoms with van der Waals surface area (Å²) in [7, 11) is -1.22. The van der Waals surface area contributed by atoms with Gasteiger partial charge < -0.3 is 9.47 Å². The van der Waals surface area contributed by atoms with Crippen molar-refractivity contribution in [1.29, 1.82) is 0 Å². The number of aryl methyl sites for hydroxylation is 1. The van der Waals surface area contributed by atoms with Crippen LogP contribution < -0.4 is 0 Å². The van der Waals surface area contributed by atoms with Gasteiger partial charge >= 0.3 is 0 Å². The van der Waals surface area contributed by atoms with Crippen LogP contribution in [-0.2, 0) is 9.84 Å². The molecule has 1 saturated heterocycles. The highest BCUT2D eigenvalue weighted by molar-refractivity contribution is 7.91. The molecule has 0 unspecified atom stereocenters. The summed E-state index contributed by atoms with van der Waals surface area (Å²) < 4.78 is 25.8. The highest BCUT2D eigenvalue weighted by Crippen LogP contribution is 2.30. The van der Waals surface area contributed by atoms with Crippen molar-refractivity contribution >= 4 is 38.4 Å². The molecule has 2 atom stereocenters. The lowest BCUT2D eigenvalue weighted by Crippen LogP contribution is -2.29. The van der Waals surface area contributed by atoms with Crippen molar-refractivity contribution in [2.45, 2.75) is 32.4 Å². The molecule has 2 heterocycles. The zero-order chi connectivity index (χ0) is 21.6. The van der Waals surface area contributed by atoms with Crippen molar-refractivity contribution < 1.29 is 13.2 Å². The van der Waals surface area contributed by atoms with E-state index in [0.29, 0.717) is 22.5 Å². The van der Waals surface area contributed by atoms with E-state index in [4.69, 9.17) is 11.6 Å². The molecule has 30 heavy (non-hydrogen) atoms. The topological polar surface area (TPSA) is 72.3 Å². The zero-order valence-corrected chi connectivity index (χ0v) is 18.7. The van der Waals surface area contributed by atoms with Crippen molar-refractivity contribution in [3.8, 4) is 0 Å². The highest BCUT2D eigenvalue weighted by Gasteiger charge is 2.31. The molecule has 0 aliphatic carbocycles. The van der Waals surface area contributed by atoms with E-state index in [1.807, 2.05) is 48.7 Å². The van der Waals surface area contributed by atoms with Crippen molar-refractivity contribution in [2.24, 2.45) is 0 Å². The average Bonchev–Trinajstić information content (AvgIpc) is 3.23. The summed E-state index contributed by atoms with van der Waals surface area (Å²) in [5.74, 6) is 1.01. The molecule has 1 aliphatic heterocycles. The van der Waals surface area contributed by atoms with Crippen LogP contribution in [0.5, 0.6) is 0 Å². The predicted octanol–water partition coefficient (Wildman–Crippen LogP) is 4.19. The van der Waals surface area contributed by atoms with E-state index in [1.54, 1.807) is 24.1 Å². The Balaban J connectivity index is 1.62. The molecule has 1 fully saturated rings. The number of carbonyl (C=O) groups is 1. The maximum atomic E-state index is 13.1. The number of nitrogens with zero attached hydrogens (tertiary/aromatic N) is 3. The Labute approximate surface area is 181 Å². The van der Waals surface area contributed by atoms with Crippen LogP contribution in [0.4, 0.5) is 0 Å². The maximum absolute atomic E-state index is 13.1. The number of hydrogen-bond donors (Lipinski definition) is 0. The zero-order valence-electron chi connectivity index (χ0n) is 17.2. The fourth-order valence-electron chi connectivity index (χ4n) is 4.14. The summed E-state index contributed by atoms with van der Waals surface area (Å²) in [6.07, 6.45) is 0.594. The molecule has 2 aromatic carbocycles. The van der Waals surface area contributed by atoms with E-state index < -0.39 is 9.84 Å².